The second-order valence-electron chi connectivity index (χ2n) is 6.35. The second kappa shape index (κ2) is 10.3. The number of ether oxygens (including phenoxy) is 1. The lowest BCUT2D eigenvalue weighted by Gasteiger charge is -2.09. The van der Waals surface area contributed by atoms with E-state index in [9.17, 15) is 14.9 Å². The topological polar surface area (TPSA) is 93.8 Å². The van der Waals surface area contributed by atoms with Crippen molar-refractivity contribution in [3.8, 4) is 5.75 Å². The molecule has 0 atom stereocenters. The van der Waals surface area contributed by atoms with Gasteiger partial charge in [-0.15, -0.1) is 0 Å². The van der Waals surface area contributed by atoms with Crippen LogP contribution < -0.4 is 10.2 Å². The molecule has 0 saturated carbocycles. The highest BCUT2D eigenvalue weighted by Crippen LogP contribution is 2.19. The number of carbonyl (C=O) groups excluding carboxylic acids is 1. The second-order valence-corrected chi connectivity index (χ2v) is 7.26. The van der Waals surface area contributed by atoms with E-state index in [1.54, 1.807) is 18.2 Å². The van der Waals surface area contributed by atoms with Crippen molar-refractivity contribution >= 4 is 33.7 Å². The number of hydrazone groups is 1. The standard InChI is InChI=1S/C22H18BrN3O4/c23-19-9-5-16(6-10-19)13-22(27)25-24-14-18-3-1-2-4-21(18)30-15-17-7-11-20(12-8-17)26(28)29/h1-12,14H,13,15H2,(H,25,27)/b24-14+. The van der Waals surface area contributed by atoms with E-state index in [-0.39, 0.29) is 24.6 Å². The summed E-state index contributed by atoms with van der Waals surface area (Å²) in [5.41, 5.74) is 4.93. The Kier molecular flexibility index (Phi) is 7.29. The highest BCUT2D eigenvalue weighted by Gasteiger charge is 2.06. The molecule has 1 amide bonds. The fourth-order valence-corrected chi connectivity index (χ4v) is 2.86. The first-order valence-corrected chi connectivity index (χ1v) is 9.82. The average molecular weight is 468 g/mol. The molecular formula is C22H18BrN3O4. The Morgan fingerprint density at radius 3 is 2.40 bits per heavy atom. The first kappa shape index (κ1) is 21.2. The quantitative estimate of drug-likeness (QED) is 0.296. The third-order valence-electron chi connectivity index (χ3n) is 4.13. The number of nitro groups is 1. The molecule has 0 aromatic heterocycles. The van der Waals surface area contributed by atoms with Crippen molar-refractivity contribution in [2.45, 2.75) is 13.0 Å². The van der Waals surface area contributed by atoms with Gasteiger partial charge in [-0.1, -0.05) is 40.2 Å². The van der Waals surface area contributed by atoms with E-state index in [4.69, 9.17) is 4.74 Å². The summed E-state index contributed by atoms with van der Waals surface area (Å²) in [5.74, 6) is 0.361. The molecule has 7 nitrogen and oxygen atoms in total. The number of hydrogen-bond acceptors (Lipinski definition) is 5. The van der Waals surface area contributed by atoms with Crippen LogP contribution in [0.2, 0.25) is 0 Å². The summed E-state index contributed by atoms with van der Waals surface area (Å²) in [6.07, 6.45) is 1.74. The Hall–Kier alpha value is -3.52. The lowest BCUT2D eigenvalue weighted by atomic mass is 10.1. The van der Waals surface area contributed by atoms with Crippen LogP contribution in [0.4, 0.5) is 5.69 Å². The first-order chi connectivity index (χ1) is 14.5. The maximum Gasteiger partial charge on any atom is 0.269 e. The number of nitrogens with one attached hydrogen (secondary N) is 1. The molecule has 0 saturated heterocycles. The number of non-ortho nitro benzene ring substituents is 1. The van der Waals surface area contributed by atoms with Crippen LogP contribution in [-0.4, -0.2) is 17.0 Å². The van der Waals surface area contributed by atoms with Crippen LogP contribution in [0.3, 0.4) is 0 Å². The summed E-state index contributed by atoms with van der Waals surface area (Å²) in [6, 6.07) is 20.9. The molecule has 3 rings (SSSR count). The monoisotopic (exact) mass is 467 g/mol. The van der Waals surface area contributed by atoms with Gasteiger partial charge in [0.25, 0.3) is 5.69 Å². The average Bonchev–Trinajstić information content (AvgIpc) is 2.75. The van der Waals surface area contributed by atoms with Gasteiger partial charge in [-0.3, -0.25) is 14.9 Å². The molecule has 0 aliphatic heterocycles. The largest absolute Gasteiger partial charge is 0.488 e. The molecule has 0 unspecified atom stereocenters. The third-order valence-corrected chi connectivity index (χ3v) is 4.66. The van der Waals surface area contributed by atoms with Crippen LogP contribution in [0.15, 0.2) is 82.4 Å². The van der Waals surface area contributed by atoms with Gasteiger partial charge < -0.3 is 4.74 Å². The van der Waals surface area contributed by atoms with E-state index < -0.39 is 4.92 Å². The number of nitro benzene ring substituents is 1. The van der Waals surface area contributed by atoms with Gasteiger partial charge in [0.15, 0.2) is 0 Å². The summed E-state index contributed by atoms with van der Waals surface area (Å²) >= 11 is 3.36. The number of carbonyl (C=O) groups is 1. The third kappa shape index (κ3) is 6.25. The highest BCUT2D eigenvalue weighted by atomic mass is 79.9. The van der Waals surface area contributed by atoms with Gasteiger partial charge in [-0.25, -0.2) is 5.43 Å². The molecule has 0 bridgehead atoms. The van der Waals surface area contributed by atoms with Crippen LogP contribution in [0.5, 0.6) is 5.75 Å². The summed E-state index contributed by atoms with van der Waals surface area (Å²) in [5, 5.41) is 14.7. The Morgan fingerprint density at radius 1 is 1.03 bits per heavy atom. The van der Waals surface area contributed by atoms with Crippen molar-refractivity contribution in [1.29, 1.82) is 0 Å². The summed E-state index contributed by atoms with van der Waals surface area (Å²) < 4.78 is 6.76. The van der Waals surface area contributed by atoms with E-state index in [1.165, 1.54) is 18.3 Å². The molecule has 8 heteroatoms. The van der Waals surface area contributed by atoms with Gasteiger partial charge in [0, 0.05) is 22.2 Å². The highest BCUT2D eigenvalue weighted by molar-refractivity contribution is 9.10. The predicted octanol–water partition coefficient (Wildman–Crippen LogP) is 4.63. The van der Waals surface area contributed by atoms with E-state index in [0.717, 1.165) is 15.6 Å². The minimum absolute atomic E-state index is 0.0326. The lowest BCUT2D eigenvalue weighted by molar-refractivity contribution is -0.384. The van der Waals surface area contributed by atoms with Crippen molar-refractivity contribution < 1.29 is 14.5 Å². The van der Waals surface area contributed by atoms with Crippen molar-refractivity contribution in [3.63, 3.8) is 0 Å². The molecule has 0 spiro atoms. The number of hydrogen-bond donors (Lipinski definition) is 1. The molecular weight excluding hydrogens is 450 g/mol. The van der Waals surface area contributed by atoms with Crippen LogP contribution in [0, 0.1) is 10.1 Å². The maximum absolute atomic E-state index is 12.0. The number of halogens is 1. The fourth-order valence-electron chi connectivity index (χ4n) is 2.59. The molecule has 3 aromatic carbocycles. The summed E-state index contributed by atoms with van der Waals surface area (Å²) in [4.78, 5) is 22.3. The molecule has 0 aliphatic rings. The molecule has 0 heterocycles. The molecule has 30 heavy (non-hydrogen) atoms. The Bertz CT molecular complexity index is 1050. The first-order valence-electron chi connectivity index (χ1n) is 9.03. The van der Waals surface area contributed by atoms with Crippen LogP contribution >= 0.6 is 15.9 Å². The number of para-hydroxylation sites is 1. The van der Waals surface area contributed by atoms with Crippen LogP contribution in [0.25, 0.3) is 0 Å². The zero-order valence-electron chi connectivity index (χ0n) is 15.8. The predicted molar refractivity (Wildman–Crippen MR) is 117 cm³/mol. The molecule has 0 radical (unpaired) electrons. The van der Waals surface area contributed by atoms with E-state index in [0.29, 0.717) is 11.3 Å². The van der Waals surface area contributed by atoms with Gasteiger partial charge >= 0.3 is 0 Å². The van der Waals surface area contributed by atoms with Gasteiger partial charge in [-0.05, 0) is 47.5 Å². The Labute approximate surface area is 181 Å². The van der Waals surface area contributed by atoms with Crippen molar-refractivity contribution in [1.82, 2.24) is 5.43 Å². The normalized spacial score (nSPS) is 10.7. The zero-order valence-corrected chi connectivity index (χ0v) is 17.4. The SMILES string of the molecule is O=C(Cc1ccc(Br)cc1)N/N=C/c1ccccc1OCc1ccc([N+](=O)[O-])cc1. The minimum Gasteiger partial charge on any atom is -0.488 e. The van der Waals surface area contributed by atoms with Crippen LogP contribution in [0.1, 0.15) is 16.7 Å². The van der Waals surface area contributed by atoms with E-state index >= 15 is 0 Å². The lowest BCUT2D eigenvalue weighted by Crippen LogP contribution is -2.19. The molecule has 1 N–H and O–H groups in total. The minimum atomic E-state index is -0.443. The number of benzene rings is 3. The molecule has 3 aromatic rings. The number of nitrogens with zero attached hydrogens (tertiary/aromatic N) is 2. The van der Waals surface area contributed by atoms with E-state index in [1.807, 2.05) is 42.5 Å². The maximum atomic E-state index is 12.0. The van der Waals surface area contributed by atoms with Gasteiger partial charge in [0.1, 0.15) is 12.4 Å². The molecule has 0 fully saturated rings. The van der Waals surface area contributed by atoms with Gasteiger partial charge in [-0.2, -0.15) is 5.10 Å². The zero-order chi connectivity index (χ0) is 21.3. The summed E-state index contributed by atoms with van der Waals surface area (Å²) in [7, 11) is 0. The summed E-state index contributed by atoms with van der Waals surface area (Å²) in [6.45, 7) is 0.249. The Balaban J connectivity index is 1.57. The van der Waals surface area contributed by atoms with Gasteiger partial charge in [0.05, 0.1) is 17.6 Å². The smallest absolute Gasteiger partial charge is 0.269 e. The van der Waals surface area contributed by atoms with Crippen molar-refractivity contribution in [2.24, 2.45) is 5.10 Å². The molecule has 152 valence electrons. The fraction of sp³-hybridized carbons (Fsp3) is 0.0909. The van der Waals surface area contributed by atoms with Crippen molar-refractivity contribution in [2.75, 3.05) is 0 Å². The number of amides is 1. The Morgan fingerprint density at radius 2 is 1.70 bits per heavy atom. The molecule has 0 aliphatic carbocycles. The van der Waals surface area contributed by atoms with E-state index in [2.05, 4.69) is 26.5 Å². The van der Waals surface area contributed by atoms with Gasteiger partial charge in [0.2, 0.25) is 5.91 Å². The van der Waals surface area contributed by atoms with Crippen LogP contribution in [-0.2, 0) is 17.8 Å². The number of rotatable bonds is 8. The van der Waals surface area contributed by atoms with Crippen molar-refractivity contribution in [3.05, 3.63) is 104 Å².